The molecule has 148 valence electrons. The molecule has 1 aromatic heterocycles. The Morgan fingerprint density at radius 1 is 1.19 bits per heavy atom. The predicted octanol–water partition coefficient (Wildman–Crippen LogP) is 2.77. The van der Waals surface area contributed by atoms with Gasteiger partial charge in [-0.2, -0.15) is 0 Å². The van der Waals surface area contributed by atoms with Crippen LogP contribution in [0.1, 0.15) is 35.7 Å². The zero-order chi connectivity index (χ0) is 19.6. The van der Waals surface area contributed by atoms with Crippen molar-refractivity contribution in [1.29, 1.82) is 0 Å². The van der Waals surface area contributed by atoms with Crippen molar-refractivity contribution in [3.8, 4) is 5.75 Å². The first-order chi connectivity index (χ1) is 12.8. The van der Waals surface area contributed by atoms with Crippen molar-refractivity contribution in [2.24, 2.45) is 7.05 Å². The summed E-state index contributed by atoms with van der Waals surface area (Å²) in [6.45, 7) is 6.16. The van der Waals surface area contributed by atoms with Crippen molar-refractivity contribution in [1.82, 2.24) is 14.2 Å². The van der Waals surface area contributed by atoms with Gasteiger partial charge in [0, 0.05) is 25.5 Å². The minimum Gasteiger partial charge on any atom is -0.495 e. The third-order valence-corrected chi connectivity index (χ3v) is 6.89. The fraction of sp³-hybridized carbons (Fsp3) is 0.500. The van der Waals surface area contributed by atoms with Gasteiger partial charge in [-0.1, -0.05) is 0 Å². The zero-order valence-corrected chi connectivity index (χ0v) is 17.3. The summed E-state index contributed by atoms with van der Waals surface area (Å²) in [6, 6.07) is 7.54. The number of hydrogen-bond acceptors (Lipinski definition) is 4. The first kappa shape index (κ1) is 19.9. The summed E-state index contributed by atoms with van der Waals surface area (Å²) >= 11 is 0. The number of aryl methyl sites for hydroxylation is 3. The topological polar surface area (TPSA) is 63.6 Å². The van der Waals surface area contributed by atoms with Gasteiger partial charge in [-0.25, -0.2) is 13.1 Å². The molecule has 2 aromatic rings. The van der Waals surface area contributed by atoms with E-state index in [9.17, 15) is 8.42 Å². The molecule has 1 N–H and O–H groups in total. The Kier molecular flexibility index (Phi) is 5.93. The van der Waals surface area contributed by atoms with Crippen molar-refractivity contribution < 1.29 is 13.2 Å². The maximum Gasteiger partial charge on any atom is 0.244 e. The van der Waals surface area contributed by atoms with E-state index < -0.39 is 10.0 Å². The van der Waals surface area contributed by atoms with E-state index in [0.717, 1.165) is 42.8 Å². The molecule has 2 heterocycles. The molecule has 1 aromatic carbocycles. The number of sulfonamides is 1. The average molecular weight is 392 g/mol. The summed E-state index contributed by atoms with van der Waals surface area (Å²) in [7, 11) is -0.182. The summed E-state index contributed by atoms with van der Waals surface area (Å²) in [5, 5.41) is 0. The molecule has 7 heteroatoms. The van der Waals surface area contributed by atoms with Crippen molar-refractivity contribution >= 4 is 10.0 Å². The van der Waals surface area contributed by atoms with E-state index in [1.165, 1.54) is 7.11 Å². The Labute approximate surface area is 162 Å². The van der Waals surface area contributed by atoms with Gasteiger partial charge in [0.25, 0.3) is 0 Å². The minimum atomic E-state index is -3.68. The van der Waals surface area contributed by atoms with Gasteiger partial charge >= 0.3 is 0 Å². The second-order valence-electron chi connectivity index (χ2n) is 7.24. The monoisotopic (exact) mass is 391 g/mol. The second kappa shape index (κ2) is 8.04. The molecule has 1 fully saturated rings. The molecule has 6 nitrogen and oxygen atoms in total. The van der Waals surface area contributed by atoms with Crippen LogP contribution in [-0.2, 0) is 17.1 Å². The van der Waals surface area contributed by atoms with Crippen molar-refractivity contribution in [3.63, 3.8) is 0 Å². The molecule has 1 unspecified atom stereocenters. The van der Waals surface area contributed by atoms with E-state index in [1.807, 2.05) is 33.2 Å². The van der Waals surface area contributed by atoms with Gasteiger partial charge in [0.05, 0.1) is 13.2 Å². The third kappa shape index (κ3) is 4.20. The highest BCUT2D eigenvalue weighted by Crippen LogP contribution is 2.29. The fourth-order valence-corrected chi connectivity index (χ4v) is 4.97. The molecule has 1 atom stereocenters. The van der Waals surface area contributed by atoms with E-state index in [-0.39, 0.29) is 10.9 Å². The Morgan fingerprint density at radius 2 is 1.85 bits per heavy atom. The largest absolute Gasteiger partial charge is 0.495 e. The van der Waals surface area contributed by atoms with Crippen LogP contribution >= 0.6 is 0 Å². The zero-order valence-electron chi connectivity index (χ0n) is 16.5. The standard InChI is InChI=1S/C20H29N3O3S/c1-15-12-19(26-4)20(13-16(15)2)27(24,25)21-14-18(23-10-5-6-11-23)17-8-7-9-22(17)3/h7-9,12-13,18,21H,5-6,10-11,14H2,1-4H3. The highest BCUT2D eigenvalue weighted by Gasteiger charge is 2.28. The Morgan fingerprint density at radius 3 is 2.44 bits per heavy atom. The van der Waals surface area contributed by atoms with E-state index in [0.29, 0.717) is 12.3 Å². The maximum absolute atomic E-state index is 13.0. The number of likely N-dealkylation sites (tertiary alicyclic amines) is 1. The smallest absolute Gasteiger partial charge is 0.244 e. The van der Waals surface area contributed by atoms with Gasteiger partial charge in [0.15, 0.2) is 0 Å². The summed E-state index contributed by atoms with van der Waals surface area (Å²) in [4.78, 5) is 2.55. The summed E-state index contributed by atoms with van der Waals surface area (Å²) < 4.78 is 36.3. The minimum absolute atomic E-state index is 0.0137. The van der Waals surface area contributed by atoms with Gasteiger partial charge in [0.2, 0.25) is 10.0 Å². The Bertz CT molecular complexity index is 899. The highest BCUT2D eigenvalue weighted by molar-refractivity contribution is 7.89. The SMILES string of the molecule is COc1cc(C)c(C)cc1S(=O)(=O)NCC(c1cccn1C)N1CCCC1. The molecule has 1 aliphatic rings. The van der Waals surface area contributed by atoms with Crippen LogP contribution in [-0.4, -0.2) is 44.6 Å². The number of aromatic nitrogens is 1. The number of benzene rings is 1. The third-order valence-electron chi connectivity index (χ3n) is 5.44. The predicted molar refractivity (Wildman–Crippen MR) is 107 cm³/mol. The first-order valence-corrected chi connectivity index (χ1v) is 10.8. The van der Waals surface area contributed by atoms with E-state index in [1.54, 1.807) is 12.1 Å². The molecule has 0 saturated carbocycles. The summed E-state index contributed by atoms with van der Waals surface area (Å²) in [5.74, 6) is 0.377. The lowest BCUT2D eigenvalue weighted by molar-refractivity contribution is 0.238. The number of nitrogens with zero attached hydrogens (tertiary/aromatic N) is 2. The number of hydrogen-bond donors (Lipinski definition) is 1. The van der Waals surface area contributed by atoms with Crippen LogP contribution < -0.4 is 9.46 Å². The molecule has 1 aliphatic heterocycles. The van der Waals surface area contributed by atoms with Crippen LogP contribution in [0.2, 0.25) is 0 Å². The van der Waals surface area contributed by atoms with E-state index in [2.05, 4.69) is 20.3 Å². The van der Waals surface area contributed by atoms with Gasteiger partial charge in [-0.3, -0.25) is 4.90 Å². The fourth-order valence-electron chi connectivity index (χ4n) is 3.69. The van der Waals surface area contributed by atoms with Crippen molar-refractivity contribution in [2.75, 3.05) is 26.7 Å². The molecule has 3 rings (SSSR count). The molecule has 0 radical (unpaired) electrons. The van der Waals surface area contributed by atoms with Crippen LogP contribution in [0, 0.1) is 13.8 Å². The molecule has 27 heavy (non-hydrogen) atoms. The van der Waals surface area contributed by atoms with Crippen LogP contribution in [0.15, 0.2) is 35.4 Å². The number of methoxy groups -OCH3 is 1. The van der Waals surface area contributed by atoms with Gasteiger partial charge < -0.3 is 9.30 Å². The lowest BCUT2D eigenvalue weighted by atomic mass is 10.1. The Balaban J connectivity index is 1.86. The molecular formula is C20H29N3O3S. The van der Waals surface area contributed by atoms with Crippen LogP contribution in [0.4, 0.5) is 0 Å². The summed E-state index contributed by atoms with van der Waals surface area (Å²) in [6.07, 6.45) is 4.30. The molecule has 0 spiro atoms. The van der Waals surface area contributed by atoms with Crippen LogP contribution in [0.25, 0.3) is 0 Å². The van der Waals surface area contributed by atoms with E-state index in [4.69, 9.17) is 4.74 Å². The van der Waals surface area contributed by atoms with Gasteiger partial charge in [0.1, 0.15) is 10.6 Å². The van der Waals surface area contributed by atoms with Crippen LogP contribution in [0.3, 0.4) is 0 Å². The lowest BCUT2D eigenvalue weighted by Gasteiger charge is -2.28. The highest BCUT2D eigenvalue weighted by atomic mass is 32.2. The normalized spacial score (nSPS) is 16.6. The molecule has 0 aliphatic carbocycles. The number of ether oxygens (including phenoxy) is 1. The van der Waals surface area contributed by atoms with Gasteiger partial charge in [-0.05, 0) is 75.2 Å². The van der Waals surface area contributed by atoms with Crippen LogP contribution in [0.5, 0.6) is 5.75 Å². The lowest BCUT2D eigenvalue weighted by Crippen LogP contribution is -2.37. The number of rotatable bonds is 7. The molecular weight excluding hydrogens is 362 g/mol. The van der Waals surface area contributed by atoms with Gasteiger partial charge in [-0.15, -0.1) is 0 Å². The molecule has 0 amide bonds. The van der Waals surface area contributed by atoms with Crippen molar-refractivity contribution in [3.05, 3.63) is 47.3 Å². The molecule has 0 bridgehead atoms. The van der Waals surface area contributed by atoms with E-state index >= 15 is 0 Å². The second-order valence-corrected chi connectivity index (χ2v) is 8.98. The number of nitrogens with one attached hydrogen (secondary N) is 1. The quantitative estimate of drug-likeness (QED) is 0.788. The molecule has 1 saturated heterocycles. The maximum atomic E-state index is 13.0. The average Bonchev–Trinajstić information content (AvgIpc) is 3.30. The Hall–Kier alpha value is -1.83. The van der Waals surface area contributed by atoms with Crippen molar-refractivity contribution in [2.45, 2.75) is 37.6 Å². The first-order valence-electron chi connectivity index (χ1n) is 9.33. The summed E-state index contributed by atoms with van der Waals surface area (Å²) in [5.41, 5.74) is 3.05.